The Morgan fingerprint density at radius 3 is 2.51 bits per heavy atom. The van der Waals surface area contributed by atoms with Gasteiger partial charge in [-0.25, -0.2) is 4.68 Å². The molecule has 0 aliphatic carbocycles. The smallest absolute Gasteiger partial charge is 0.269 e. The number of allylic oxidation sites excluding steroid dienone is 1. The summed E-state index contributed by atoms with van der Waals surface area (Å²) in [5.41, 5.74) is 2.71. The predicted molar refractivity (Wildman–Crippen MR) is 140 cm³/mol. The molecule has 5 rings (SSSR count). The quantitative estimate of drug-likeness (QED) is 0.258. The number of non-ortho nitro benzene ring substituents is 1. The number of aromatic nitrogens is 3. The molecule has 1 atom stereocenters. The Balaban J connectivity index is 1.59. The highest BCUT2D eigenvalue weighted by atomic mass is 35.5. The predicted octanol–water partition coefficient (Wildman–Crippen LogP) is 5.44. The zero-order valence-corrected chi connectivity index (χ0v) is 20.6. The topological polar surface area (TPSA) is 124 Å². The lowest BCUT2D eigenvalue weighted by molar-refractivity contribution is -0.384. The van der Waals surface area contributed by atoms with E-state index >= 15 is 0 Å². The number of nitro groups is 1. The highest BCUT2D eigenvalue weighted by molar-refractivity contribution is 6.31. The van der Waals surface area contributed by atoms with Crippen LogP contribution in [0.1, 0.15) is 18.5 Å². The van der Waals surface area contributed by atoms with Crippen molar-refractivity contribution in [3.05, 3.63) is 105 Å². The Morgan fingerprint density at radius 2 is 1.81 bits per heavy atom. The first kappa shape index (κ1) is 24.0. The molecule has 0 saturated heterocycles. The van der Waals surface area contributed by atoms with Gasteiger partial charge in [0, 0.05) is 34.0 Å². The van der Waals surface area contributed by atoms with Crippen molar-refractivity contribution in [3.8, 4) is 17.1 Å². The summed E-state index contributed by atoms with van der Waals surface area (Å²) in [6.45, 7) is 1.78. The number of rotatable bonds is 6. The third-order valence-electron chi connectivity index (χ3n) is 5.99. The molecule has 11 heteroatoms. The number of nitro benzene ring substituents is 1. The number of halogens is 1. The van der Waals surface area contributed by atoms with E-state index in [2.05, 4.69) is 20.7 Å². The lowest BCUT2D eigenvalue weighted by Gasteiger charge is -2.29. The van der Waals surface area contributed by atoms with Crippen molar-refractivity contribution >= 4 is 34.8 Å². The minimum Gasteiger partial charge on any atom is -0.495 e. The van der Waals surface area contributed by atoms with Gasteiger partial charge >= 0.3 is 0 Å². The number of benzene rings is 3. The van der Waals surface area contributed by atoms with E-state index in [-0.39, 0.29) is 11.6 Å². The van der Waals surface area contributed by atoms with Crippen LogP contribution in [0.3, 0.4) is 0 Å². The number of nitrogens with one attached hydrogen (secondary N) is 2. The van der Waals surface area contributed by atoms with Crippen molar-refractivity contribution in [2.45, 2.75) is 13.0 Å². The van der Waals surface area contributed by atoms with Crippen LogP contribution in [0.2, 0.25) is 5.02 Å². The largest absolute Gasteiger partial charge is 0.495 e. The summed E-state index contributed by atoms with van der Waals surface area (Å²) in [5, 5.41) is 22.3. The Hall–Kier alpha value is -4.70. The van der Waals surface area contributed by atoms with Gasteiger partial charge in [0.15, 0.2) is 5.82 Å². The monoisotopic (exact) mass is 516 g/mol. The third-order valence-corrected chi connectivity index (χ3v) is 6.33. The molecule has 1 aliphatic rings. The maximum atomic E-state index is 13.7. The number of anilines is 2. The molecule has 4 aromatic rings. The van der Waals surface area contributed by atoms with E-state index in [1.165, 1.54) is 19.2 Å². The molecule has 1 unspecified atom stereocenters. The SMILES string of the molecule is COc1ccccc1NC(=O)C1=C(C)Nc2nc(-c3ccc([N+](=O)[O-])cc3)nn2C1c1ccccc1Cl. The van der Waals surface area contributed by atoms with Crippen LogP contribution < -0.4 is 15.4 Å². The van der Waals surface area contributed by atoms with Gasteiger partial charge in [0.2, 0.25) is 5.95 Å². The van der Waals surface area contributed by atoms with Gasteiger partial charge in [-0.1, -0.05) is 41.9 Å². The van der Waals surface area contributed by atoms with Gasteiger partial charge < -0.3 is 15.4 Å². The van der Waals surface area contributed by atoms with Gasteiger partial charge in [0.05, 0.1) is 23.3 Å². The molecular formula is C26H21ClN6O4. The average Bonchev–Trinajstić information content (AvgIpc) is 3.32. The molecule has 0 bridgehead atoms. The Labute approximate surface area is 216 Å². The molecule has 1 aliphatic heterocycles. The highest BCUT2D eigenvalue weighted by Gasteiger charge is 2.35. The van der Waals surface area contributed by atoms with Gasteiger partial charge in [-0.05, 0) is 37.3 Å². The van der Waals surface area contributed by atoms with E-state index in [1.54, 1.807) is 48.0 Å². The fourth-order valence-electron chi connectivity index (χ4n) is 4.22. The van der Waals surface area contributed by atoms with E-state index in [9.17, 15) is 14.9 Å². The van der Waals surface area contributed by atoms with Crippen LogP contribution in [0.5, 0.6) is 5.75 Å². The lowest BCUT2D eigenvalue weighted by Crippen LogP contribution is -2.31. The van der Waals surface area contributed by atoms with E-state index in [4.69, 9.17) is 16.3 Å². The summed E-state index contributed by atoms with van der Waals surface area (Å²) in [6, 6.07) is 19.6. The van der Waals surface area contributed by atoms with Crippen LogP contribution in [0, 0.1) is 10.1 Å². The van der Waals surface area contributed by atoms with Crippen LogP contribution in [-0.2, 0) is 4.79 Å². The van der Waals surface area contributed by atoms with E-state index in [0.29, 0.717) is 50.6 Å². The standard InChI is InChI=1S/C26H21ClN6O4/c1-15-22(25(34)29-20-9-5-6-10-21(20)37-2)23(18-7-3-4-8-19(18)27)32-26(28-15)30-24(31-32)16-11-13-17(14-12-16)33(35)36/h3-14,23H,1-2H3,(H,29,34)(H,28,30,31). The minimum absolute atomic E-state index is 0.0346. The highest BCUT2D eigenvalue weighted by Crippen LogP contribution is 2.39. The van der Waals surface area contributed by atoms with Gasteiger partial charge in [-0.3, -0.25) is 14.9 Å². The molecule has 1 aromatic heterocycles. The summed E-state index contributed by atoms with van der Waals surface area (Å²) in [4.78, 5) is 28.9. The zero-order valence-electron chi connectivity index (χ0n) is 19.8. The van der Waals surface area contributed by atoms with Crippen LogP contribution >= 0.6 is 11.6 Å². The summed E-state index contributed by atoms with van der Waals surface area (Å²) in [5.74, 6) is 0.907. The van der Waals surface area contributed by atoms with E-state index in [1.807, 2.05) is 24.3 Å². The zero-order chi connectivity index (χ0) is 26.1. The molecule has 3 aromatic carbocycles. The summed E-state index contributed by atoms with van der Waals surface area (Å²) in [7, 11) is 1.53. The summed E-state index contributed by atoms with van der Waals surface area (Å²) in [6.07, 6.45) is 0. The van der Waals surface area contributed by atoms with Crippen LogP contribution in [-0.4, -0.2) is 32.7 Å². The average molecular weight is 517 g/mol. The normalized spacial score (nSPS) is 14.5. The first-order valence-electron chi connectivity index (χ1n) is 11.3. The van der Waals surface area contributed by atoms with Gasteiger partial charge in [0.25, 0.3) is 11.6 Å². The molecule has 2 heterocycles. The number of carbonyl (C=O) groups excluding carboxylic acids is 1. The number of carbonyl (C=O) groups is 1. The third kappa shape index (κ3) is 4.50. The van der Waals surface area contributed by atoms with Crippen molar-refractivity contribution in [2.24, 2.45) is 0 Å². The number of hydrogen-bond acceptors (Lipinski definition) is 7. The Bertz CT molecular complexity index is 1550. The number of fused-ring (bicyclic) bond motifs is 1. The van der Waals surface area contributed by atoms with Crippen LogP contribution in [0.15, 0.2) is 84.1 Å². The van der Waals surface area contributed by atoms with Crippen LogP contribution in [0.25, 0.3) is 11.4 Å². The molecule has 0 saturated carbocycles. The van der Waals surface area contributed by atoms with Crippen molar-refractivity contribution < 1.29 is 14.5 Å². The number of ether oxygens (including phenoxy) is 1. The first-order chi connectivity index (χ1) is 17.9. The maximum absolute atomic E-state index is 13.7. The molecule has 0 spiro atoms. The van der Waals surface area contributed by atoms with Gasteiger partial charge in [-0.15, -0.1) is 5.10 Å². The van der Waals surface area contributed by atoms with Crippen molar-refractivity contribution in [1.82, 2.24) is 14.8 Å². The second kappa shape index (κ2) is 9.75. The fraction of sp³-hybridized carbons (Fsp3) is 0.115. The first-order valence-corrected chi connectivity index (χ1v) is 11.6. The molecule has 37 heavy (non-hydrogen) atoms. The lowest BCUT2D eigenvalue weighted by atomic mass is 9.95. The molecular weight excluding hydrogens is 496 g/mol. The van der Waals surface area contributed by atoms with E-state index < -0.39 is 11.0 Å². The van der Waals surface area contributed by atoms with Gasteiger partial charge in [0.1, 0.15) is 11.8 Å². The number of hydrogen-bond donors (Lipinski definition) is 2. The van der Waals surface area contributed by atoms with Crippen LogP contribution in [0.4, 0.5) is 17.3 Å². The number of nitrogens with zero attached hydrogens (tertiary/aromatic N) is 4. The van der Waals surface area contributed by atoms with Crippen molar-refractivity contribution in [1.29, 1.82) is 0 Å². The molecule has 0 fully saturated rings. The van der Waals surface area contributed by atoms with Crippen molar-refractivity contribution in [2.75, 3.05) is 17.7 Å². The number of amides is 1. The fourth-order valence-corrected chi connectivity index (χ4v) is 4.46. The molecule has 0 radical (unpaired) electrons. The molecule has 1 amide bonds. The second-order valence-electron chi connectivity index (χ2n) is 8.25. The second-order valence-corrected chi connectivity index (χ2v) is 8.66. The van der Waals surface area contributed by atoms with E-state index in [0.717, 1.165) is 0 Å². The molecule has 10 nitrogen and oxygen atoms in total. The Morgan fingerprint density at radius 1 is 1.11 bits per heavy atom. The summed E-state index contributed by atoms with van der Waals surface area (Å²) >= 11 is 6.60. The number of para-hydroxylation sites is 2. The van der Waals surface area contributed by atoms with Crippen molar-refractivity contribution in [3.63, 3.8) is 0 Å². The molecule has 2 N–H and O–H groups in total. The number of methoxy groups -OCH3 is 1. The Kier molecular flexibility index (Phi) is 6.33. The minimum atomic E-state index is -0.695. The summed E-state index contributed by atoms with van der Waals surface area (Å²) < 4.78 is 6.98. The van der Waals surface area contributed by atoms with Gasteiger partial charge in [-0.2, -0.15) is 4.98 Å². The molecule has 186 valence electrons. The maximum Gasteiger partial charge on any atom is 0.269 e.